The molecular weight excluding hydrogens is 298 g/mol. The lowest BCUT2D eigenvalue weighted by Gasteiger charge is -2.26. The maximum absolute atomic E-state index is 12.2. The van der Waals surface area contributed by atoms with Crippen LogP contribution in [-0.4, -0.2) is 46.7 Å². The number of hydrogen-bond acceptors (Lipinski definition) is 5. The van der Waals surface area contributed by atoms with Gasteiger partial charge in [0, 0.05) is 18.5 Å². The number of carbonyl (C=O) groups is 2. The molecule has 1 aromatic heterocycles. The highest BCUT2D eigenvalue weighted by atomic mass is 16.5. The molecule has 0 bridgehead atoms. The van der Waals surface area contributed by atoms with Crippen molar-refractivity contribution < 1.29 is 14.3 Å². The van der Waals surface area contributed by atoms with E-state index in [1.807, 2.05) is 0 Å². The molecule has 0 unspecified atom stereocenters. The lowest BCUT2D eigenvalue weighted by molar-refractivity contribution is -0.135. The molecule has 1 aliphatic heterocycles. The summed E-state index contributed by atoms with van der Waals surface area (Å²) in [6, 6.07) is 6.64. The maximum Gasteiger partial charge on any atom is 0.359 e. The van der Waals surface area contributed by atoms with E-state index >= 15 is 0 Å². The second kappa shape index (κ2) is 6.60. The predicted molar refractivity (Wildman–Crippen MR) is 83.1 cm³/mol. The summed E-state index contributed by atoms with van der Waals surface area (Å²) < 4.78 is 5.08. The maximum atomic E-state index is 12.2. The standard InChI is InChI=1S/C16H17N3O4/c20-13(19-8-4-1-5-9-19)10-23-16(22)14-11-6-2-3-7-12(11)15(21)18-17-14/h2-3,6-7H,1,4-5,8-10H2,(H,18,21). The van der Waals surface area contributed by atoms with Crippen molar-refractivity contribution in [3.05, 3.63) is 40.3 Å². The number of esters is 1. The van der Waals surface area contributed by atoms with Gasteiger partial charge in [-0.05, 0) is 25.3 Å². The van der Waals surface area contributed by atoms with Gasteiger partial charge < -0.3 is 9.64 Å². The number of nitrogens with zero attached hydrogens (tertiary/aromatic N) is 2. The third-order valence-electron chi connectivity index (χ3n) is 3.92. The normalized spacial score (nSPS) is 14.7. The molecule has 1 amide bonds. The van der Waals surface area contributed by atoms with Crippen LogP contribution in [0.25, 0.3) is 10.8 Å². The molecule has 0 saturated carbocycles. The highest BCUT2D eigenvalue weighted by molar-refractivity contribution is 6.02. The van der Waals surface area contributed by atoms with Crippen LogP contribution in [0, 0.1) is 0 Å². The molecule has 7 nitrogen and oxygen atoms in total. The number of piperidine rings is 1. The predicted octanol–water partition coefficient (Wildman–Crippen LogP) is 1.09. The molecule has 0 aliphatic carbocycles. The lowest BCUT2D eigenvalue weighted by atomic mass is 10.1. The summed E-state index contributed by atoms with van der Waals surface area (Å²) in [5.41, 5.74) is -0.367. The molecule has 3 rings (SSSR count). The van der Waals surface area contributed by atoms with Crippen LogP contribution < -0.4 is 5.56 Å². The van der Waals surface area contributed by atoms with Gasteiger partial charge in [-0.1, -0.05) is 18.2 Å². The van der Waals surface area contributed by atoms with Crippen molar-refractivity contribution in [3.63, 3.8) is 0 Å². The Morgan fingerprint density at radius 3 is 2.57 bits per heavy atom. The van der Waals surface area contributed by atoms with Gasteiger partial charge in [-0.15, -0.1) is 0 Å². The first kappa shape index (κ1) is 15.2. The molecule has 2 heterocycles. The van der Waals surface area contributed by atoms with Gasteiger partial charge in [0.2, 0.25) is 0 Å². The van der Waals surface area contributed by atoms with E-state index in [9.17, 15) is 14.4 Å². The largest absolute Gasteiger partial charge is 0.451 e. The minimum Gasteiger partial charge on any atom is -0.451 e. The van der Waals surface area contributed by atoms with Crippen LogP contribution in [-0.2, 0) is 9.53 Å². The SMILES string of the molecule is O=C(OCC(=O)N1CCCCC1)c1n[nH]c(=O)c2ccccc12. The van der Waals surface area contributed by atoms with Gasteiger partial charge in [0.15, 0.2) is 12.3 Å². The average molecular weight is 315 g/mol. The Balaban J connectivity index is 1.72. The number of fused-ring (bicyclic) bond motifs is 1. The first-order valence-electron chi connectivity index (χ1n) is 7.59. The number of rotatable bonds is 3. The third kappa shape index (κ3) is 3.23. The summed E-state index contributed by atoms with van der Waals surface area (Å²) >= 11 is 0. The highest BCUT2D eigenvalue weighted by Crippen LogP contribution is 2.14. The Labute approximate surface area is 132 Å². The first-order chi connectivity index (χ1) is 11.2. The topological polar surface area (TPSA) is 92.4 Å². The summed E-state index contributed by atoms with van der Waals surface area (Å²) in [5.74, 6) is -0.922. The Kier molecular flexibility index (Phi) is 4.36. The highest BCUT2D eigenvalue weighted by Gasteiger charge is 2.20. The average Bonchev–Trinajstić information content (AvgIpc) is 2.60. The van der Waals surface area contributed by atoms with Crippen LogP contribution in [0.2, 0.25) is 0 Å². The van der Waals surface area contributed by atoms with E-state index in [0.29, 0.717) is 23.9 Å². The molecule has 1 aromatic carbocycles. The van der Waals surface area contributed by atoms with E-state index in [-0.39, 0.29) is 23.8 Å². The summed E-state index contributed by atoms with van der Waals surface area (Å²) in [5, 5.41) is 6.80. The van der Waals surface area contributed by atoms with Crippen molar-refractivity contribution in [2.75, 3.05) is 19.7 Å². The molecule has 1 fully saturated rings. The second-order valence-corrected chi connectivity index (χ2v) is 5.46. The van der Waals surface area contributed by atoms with Crippen molar-refractivity contribution >= 4 is 22.6 Å². The van der Waals surface area contributed by atoms with Crippen LogP contribution >= 0.6 is 0 Å². The smallest absolute Gasteiger partial charge is 0.359 e. The zero-order valence-corrected chi connectivity index (χ0v) is 12.6. The number of benzene rings is 1. The molecule has 2 aromatic rings. The number of amides is 1. The first-order valence-corrected chi connectivity index (χ1v) is 7.59. The van der Waals surface area contributed by atoms with Crippen LogP contribution in [0.1, 0.15) is 29.8 Å². The van der Waals surface area contributed by atoms with Crippen LogP contribution in [0.5, 0.6) is 0 Å². The number of hydrogen-bond donors (Lipinski definition) is 1. The zero-order valence-electron chi connectivity index (χ0n) is 12.6. The molecule has 1 N–H and O–H groups in total. The van der Waals surface area contributed by atoms with E-state index < -0.39 is 5.97 Å². The van der Waals surface area contributed by atoms with Crippen molar-refractivity contribution in [2.24, 2.45) is 0 Å². The van der Waals surface area contributed by atoms with Crippen LogP contribution in [0.4, 0.5) is 0 Å². The fourth-order valence-corrected chi connectivity index (χ4v) is 2.70. The number of H-pyrrole nitrogens is 1. The lowest BCUT2D eigenvalue weighted by Crippen LogP contribution is -2.38. The molecular formula is C16H17N3O4. The van der Waals surface area contributed by atoms with Gasteiger partial charge in [-0.25, -0.2) is 9.89 Å². The van der Waals surface area contributed by atoms with Crippen molar-refractivity contribution in [2.45, 2.75) is 19.3 Å². The van der Waals surface area contributed by atoms with Crippen molar-refractivity contribution in [1.82, 2.24) is 15.1 Å². The Bertz CT molecular complexity index is 793. The summed E-state index contributed by atoms with van der Waals surface area (Å²) in [4.78, 5) is 37.6. The summed E-state index contributed by atoms with van der Waals surface area (Å²) in [6.45, 7) is 1.10. The van der Waals surface area contributed by atoms with E-state index in [0.717, 1.165) is 19.3 Å². The number of aromatic nitrogens is 2. The molecule has 120 valence electrons. The number of nitrogens with one attached hydrogen (secondary N) is 1. The molecule has 0 atom stereocenters. The Morgan fingerprint density at radius 1 is 1.13 bits per heavy atom. The van der Waals surface area contributed by atoms with E-state index in [1.54, 1.807) is 29.2 Å². The molecule has 7 heteroatoms. The number of aromatic amines is 1. The van der Waals surface area contributed by atoms with Crippen LogP contribution in [0.3, 0.4) is 0 Å². The fraction of sp³-hybridized carbons (Fsp3) is 0.375. The van der Waals surface area contributed by atoms with E-state index in [2.05, 4.69) is 10.2 Å². The molecule has 0 radical (unpaired) electrons. The quantitative estimate of drug-likeness (QED) is 0.856. The fourth-order valence-electron chi connectivity index (χ4n) is 2.70. The van der Waals surface area contributed by atoms with E-state index in [1.165, 1.54) is 0 Å². The van der Waals surface area contributed by atoms with Crippen LogP contribution in [0.15, 0.2) is 29.1 Å². The van der Waals surface area contributed by atoms with Gasteiger partial charge in [0.1, 0.15) is 0 Å². The Hall–Kier alpha value is -2.70. The number of carbonyl (C=O) groups excluding carboxylic acids is 2. The molecule has 1 saturated heterocycles. The summed E-state index contributed by atoms with van der Waals surface area (Å²) in [7, 11) is 0. The molecule has 23 heavy (non-hydrogen) atoms. The Morgan fingerprint density at radius 2 is 1.83 bits per heavy atom. The minimum atomic E-state index is -0.720. The van der Waals surface area contributed by atoms with Gasteiger partial charge in [-0.2, -0.15) is 5.10 Å². The van der Waals surface area contributed by atoms with Gasteiger partial charge in [0.05, 0.1) is 5.39 Å². The van der Waals surface area contributed by atoms with Gasteiger partial charge in [0.25, 0.3) is 11.5 Å². The molecule has 1 aliphatic rings. The molecule has 0 spiro atoms. The summed E-state index contributed by atoms with van der Waals surface area (Å²) in [6.07, 6.45) is 3.08. The number of likely N-dealkylation sites (tertiary alicyclic amines) is 1. The van der Waals surface area contributed by atoms with Crippen molar-refractivity contribution in [3.8, 4) is 0 Å². The minimum absolute atomic E-state index is 0.00615. The monoisotopic (exact) mass is 315 g/mol. The zero-order chi connectivity index (χ0) is 16.2. The second-order valence-electron chi connectivity index (χ2n) is 5.46. The third-order valence-corrected chi connectivity index (χ3v) is 3.92. The van der Waals surface area contributed by atoms with E-state index in [4.69, 9.17) is 4.74 Å². The van der Waals surface area contributed by atoms with Crippen molar-refractivity contribution in [1.29, 1.82) is 0 Å². The number of ether oxygens (including phenoxy) is 1. The van der Waals surface area contributed by atoms with Gasteiger partial charge in [-0.3, -0.25) is 9.59 Å². The van der Waals surface area contributed by atoms with Gasteiger partial charge >= 0.3 is 5.97 Å².